The van der Waals surface area contributed by atoms with Gasteiger partial charge >= 0.3 is 0 Å². The van der Waals surface area contributed by atoms with Crippen LogP contribution in [0.25, 0.3) is 12.2 Å². The van der Waals surface area contributed by atoms with E-state index in [4.69, 9.17) is 0 Å². The summed E-state index contributed by atoms with van der Waals surface area (Å²) in [6.45, 7) is 0. The summed E-state index contributed by atoms with van der Waals surface area (Å²) in [4.78, 5) is 12.5. The molecule has 4 N–H and O–H groups in total. The number of benzene rings is 2. The van der Waals surface area contributed by atoms with Gasteiger partial charge in [-0.2, -0.15) is 0 Å². The van der Waals surface area contributed by atoms with Crippen LogP contribution in [0.1, 0.15) is 24.0 Å². The number of aromatic hydroxyl groups is 4. The molecule has 0 aromatic heterocycles. The van der Waals surface area contributed by atoms with Gasteiger partial charge < -0.3 is 20.4 Å². The van der Waals surface area contributed by atoms with Crippen LogP contribution in [0, 0.1) is 0 Å². The van der Waals surface area contributed by atoms with Crippen molar-refractivity contribution >= 4 is 17.9 Å². The molecule has 1 fully saturated rings. The fourth-order valence-corrected chi connectivity index (χ4v) is 2.66. The summed E-state index contributed by atoms with van der Waals surface area (Å²) in [7, 11) is 0. The summed E-state index contributed by atoms with van der Waals surface area (Å²) in [6.07, 6.45) is 4.27. The Labute approximate surface area is 138 Å². The molecule has 0 radical (unpaired) electrons. The van der Waals surface area contributed by atoms with Crippen LogP contribution in [0.5, 0.6) is 23.0 Å². The van der Waals surface area contributed by atoms with Crippen LogP contribution in [-0.4, -0.2) is 26.2 Å². The molecule has 24 heavy (non-hydrogen) atoms. The van der Waals surface area contributed by atoms with Gasteiger partial charge in [-0.1, -0.05) is 0 Å². The number of ketones is 1. The van der Waals surface area contributed by atoms with Crippen LogP contribution in [0.4, 0.5) is 0 Å². The van der Waals surface area contributed by atoms with E-state index in [0.29, 0.717) is 35.1 Å². The van der Waals surface area contributed by atoms with Gasteiger partial charge in [0.05, 0.1) is 0 Å². The lowest BCUT2D eigenvalue weighted by molar-refractivity contribution is -0.111. The van der Waals surface area contributed by atoms with Gasteiger partial charge in [-0.3, -0.25) is 4.79 Å². The number of allylic oxidation sites excluding steroid dienone is 2. The number of Topliss-reactive ketones (excluding diaryl/α,β-unsaturated/α-hetero) is 1. The average molecular weight is 324 g/mol. The van der Waals surface area contributed by atoms with Crippen LogP contribution in [0.3, 0.4) is 0 Å². The third-order valence-electron chi connectivity index (χ3n) is 3.93. The van der Waals surface area contributed by atoms with Crippen molar-refractivity contribution in [2.75, 3.05) is 0 Å². The van der Waals surface area contributed by atoms with Gasteiger partial charge in [0.15, 0.2) is 5.78 Å². The highest BCUT2D eigenvalue weighted by atomic mass is 16.3. The molecule has 2 aromatic carbocycles. The topological polar surface area (TPSA) is 98.0 Å². The van der Waals surface area contributed by atoms with E-state index in [2.05, 4.69) is 0 Å². The van der Waals surface area contributed by atoms with E-state index >= 15 is 0 Å². The standard InChI is InChI=1S/C19H16O5/c20-15-5-3-11(17(22)9-15)7-13-1-2-14(19(13)24)8-12-4-6-16(21)10-18(12)23/h3-10,20-23H,1-2H2. The molecule has 0 spiro atoms. The minimum atomic E-state index is -0.144. The van der Waals surface area contributed by atoms with E-state index in [1.54, 1.807) is 24.3 Å². The minimum absolute atomic E-state index is 0.0456. The van der Waals surface area contributed by atoms with Gasteiger partial charge in [0, 0.05) is 34.4 Å². The van der Waals surface area contributed by atoms with Crippen molar-refractivity contribution in [2.24, 2.45) is 0 Å². The van der Waals surface area contributed by atoms with Crippen molar-refractivity contribution in [1.29, 1.82) is 0 Å². The van der Waals surface area contributed by atoms with Crippen LogP contribution in [-0.2, 0) is 4.79 Å². The maximum atomic E-state index is 12.5. The second-order valence-electron chi connectivity index (χ2n) is 5.65. The molecule has 5 nitrogen and oxygen atoms in total. The number of phenolic OH excluding ortho intramolecular Hbond substituents is 4. The average Bonchev–Trinajstić information content (AvgIpc) is 2.86. The lowest BCUT2D eigenvalue weighted by Crippen LogP contribution is -1.95. The van der Waals surface area contributed by atoms with Gasteiger partial charge in [-0.25, -0.2) is 0 Å². The fourth-order valence-electron chi connectivity index (χ4n) is 2.66. The summed E-state index contributed by atoms with van der Waals surface area (Å²) in [6, 6.07) is 8.40. The molecule has 1 aliphatic rings. The van der Waals surface area contributed by atoms with Gasteiger partial charge in [0.25, 0.3) is 0 Å². The van der Waals surface area contributed by atoms with Crippen molar-refractivity contribution in [3.63, 3.8) is 0 Å². The van der Waals surface area contributed by atoms with E-state index in [1.165, 1.54) is 24.3 Å². The molecule has 0 bridgehead atoms. The Morgan fingerprint density at radius 2 is 1.12 bits per heavy atom. The van der Waals surface area contributed by atoms with E-state index in [9.17, 15) is 25.2 Å². The van der Waals surface area contributed by atoms with Gasteiger partial charge in [-0.15, -0.1) is 0 Å². The number of carbonyl (C=O) groups excluding carboxylic acids is 1. The Balaban J connectivity index is 1.89. The maximum absolute atomic E-state index is 12.5. The quantitative estimate of drug-likeness (QED) is 0.635. The monoisotopic (exact) mass is 324 g/mol. The molecule has 0 amide bonds. The minimum Gasteiger partial charge on any atom is -0.508 e. The molecule has 0 aliphatic heterocycles. The van der Waals surface area contributed by atoms with E-state index in [-0.39, 0.29) is 28.8 Å². The van der Waals surface area contributed by atoms with Crippen LogP contribution < -0.4 is 0 Å². The molecule has 0 atom stereocenters. The Hall–Kier alpha value is -3.21. The highest BCUT2D eigenvalue weighted by Crippen LogP contribution is 2.33. The highest BCUT2D eigenvalue weighted by molar-refractivity contribution is 6.15. The first-order valence-corrected chi connectivity index (χ1v) is 7.44. The molecule has 0 unspecified atom stereocenters. The Morgan fingerprint density at radius 1 is 0.708 bits per heavy atom. The van der Waals surface area contributed by atoms with Crippen LogP contribution >= 0.6 is 0 Å². The van der Waals surface area contributed by atoms with Crippen molar-refractivity contribution in [2.45, 2.75) is 12.8 Å². The van der Waals surface area contributed by atoms with Gasteiger partial charge in [0.2, 0.25) is 0 Å². The molecule has 0 saturated heterocycles. The van der Waals surface area contributed by atoms with Crippen LogP contribution in [0.15, 0.2) is 47.5 Å². The first-order chi connectivity index (χ1) is 11.4. The van der Waals surface area contributed by atoms with E-state index < -0.39 is 0 Å². The zero-order chi connectivity index (χ0) is 17.3. The molecule has 5 heteroatoms. The molecule has 3 rings (SSSR count). The lowest BCUT2D eigenvalue weighted by atomic mass is 10.1. The normalized spacial score (nSPS) is 17.8. The predicted molar refractivity (Wildman–Crippen MR) is 89.7 cm³/mol. The summed E-state index contributed by atoms with van der Waals surface area (Å²) in [5, 5.41) is 38.2. The molecule has 0 heterocycles. The SMILES string of the molecule is O=C1C(=Cc2ccc(O)cc2O)CCC1=Cc1ccc(O)cc1O. The van der Waals surface area contributed by atoms with E-state index in [1.807, 2.05) is 0 Å². The first-order valence-electron chi connectivity index (χ1n) is 7.44. The summed E-state index contributed by atoms with van der Waals surface area (Å²) < 4.78 is 0. The Bertz CT molecular complexity index is 806. The van der Waals surface area contributed by atoms with Crippen molar-refractivity contribution < 1.29 is 25.2 Å². The molecular formula is C19H16O5. The molecular weight excluding hydrogens is 308 g/mol. The van der Waals surface area contributed by atoms with Crippen molar-refractivity contribution in [3.05, 3.63) is 58.7 Å². The zero-order valence-corrected chi connectivity index (χ0v) is 12.7. The third kappa shape index (κ3) is 3.10. The van der Waals surface area contributed by atoms with Crippen LogP contribution in [0.2, 0.25) is 0 Å². The third-order valence-corrected chi connectivity index (χ3v) is 3.93. The highest BCUT2D eigenvalue weighted by Gasteiger charge is 2.23. The van der Waals surface area contributed by atoms with Gasteiger partial charge in [0.1, 0.15) is 23.0 Å². The van der Waals surface area contributed by atoms with E-state index in [0.717, 1.165) is 0 Å². The largest absolute Gasteiger partial charge is 0.508 e. The van der Waals surface area contributed by atoms with Gasteiger partial charge in [-0.05, 0) is 49.3 Å². The predicted octanol–water partition coefficient (Wildman–Crippen LogP) is 3.34. The summed E-state index contributed by atoms with van der Waals surface area (Å²) in [5.41, 5.74) is 2.04. The first kappa shape index (κ1) is 15.7. The Kier molecular flexibility index (Phi) is 4.00. The molecule has 122 valence electrons. The second kappa shape index (κ2) is 6.12. The van der Waals surface area contributed by atoms with Crippen molar-refractivity contribution in [3.8, 4) is 23.0 Å². The zero-order valence-electron chi connectivity index (χ0n) is 12.7. The summed E-state index contributed by atoms with van der Waals surface area (Å²) >= 11 is 0. The lowest BCUT2D eigenvalue weighted by Gasteiger charge is -2.02. The number of phenols is 4. The number of hydrogen-bond donors (Lipinski definition) is 4. The number of hydrogen-bond acceptors (Lipinski definition) is 5. The molecule has 2 aromatic rings. The number of carbonyl (C=O) groups is 1. The second-order valence-corrected chi connectivity index (χ2v) is 5.65. The van der Waals surface area contributed by atoms with Crippen molar-refractivity contribution in [1.82, 2.24) is 0 Å². The summed E-state index contributed by atoms with van der Waals surface area (Å²) in [5.74, 6) is -0.422. The molecule has 1 aliphatic carbocycles. The smallest absolute Gasteiger partial charge is 0.185 e. The molecule has 1 saturated carbocycles. The maximum Gasteiger partial charge on any atom is 0.185 e. The fraction of sp³-hybridized carbons (Fsp3) is 0.105. The Morgan fingerprint density at radius 3 is 1.50 bits per heavy atom. The number of rotatable bonds is 2.